The summed E-state index contributed by atoms with van der Waals surface area (Å²) < 4.78 is 7.14. The van der Waals surface area contributed by atoms with E-state index in [0.717, 1.165) is 14.2 Å². The summed E-state index contributed by atoms with van der Waals surface area (Å²) in [5.41, 5.74) is 0.314. The third-order valence-electron chi connectivity index (χ3n) is 4.00. The Kier molecular flexibility index (Phi) is 6.23. The summed E-state index contributed by atoms with van der Waals surface area (Å²) in [6.07, 6.45) is 0. The molecule has 2 aromatic heterocycles. The second kappa shape index (κ2) is 8.82. The molecule has 0 radical (unpaired) electrons. The Hall–Kier alpha value is -3.27. The Bertz CT molecular complexity index is 1070. The highest BCUT2D eigenvalue weighted by molar-refractivity contribution is 7.16. The number of nitrogens with one attached hydrogen (secondary N) is 1. The van der Waals surface area contributed by atoms with Gasteiger partial charge < -0.3 is 10.1 Å². The summed E-state index contributed by atoms with van der Waals surface area (Å²) in [4.78, 5) is 38.1. The van der Waals surface area contributed by atoms with Gasteiger partial charge in [-0.3, -0.25) is 4.79 Å². The number of rotatable bonds is 7. The number of hydrogen-bond acceptors (Lipinski definition) is 7. The first-order valence-electron chi connectivity index (χ1n) is 9.09. The van der Waals surface area contributed by atoms with E-state index < -0.39 is 17.6 Å². The maximum Gasteiger partial charge on any atom is 0.368 e. The zero-order valence-electron chi connectivity index (χ0n) is 16.3. The van der Waals surface area contributed by atoms with Crippen LogP contribution in [0.1, 0.15) is 41.9 Å². The summed E-state index contributed by atoms with van der Waals surface area (Å²) in [7, 11) is 0. The molecular weight excluding hydrogens is 394 g/mol. The Labute approximate surface area is 170 Å². The number of esters is 1. The van der Waals surface area contributed by atoms with E-state index in [1.165, 1.54) is 11.3 Å². The Morgan fingerprint density at radius 1 is 1.21 bits per heavy atom. The summed E-state index contributed by atoms with van der Waals surface area (Å²) in [6.45, 7) is 5.61. The van der Waals surface area contributed by atoms with Gasteiger partial charge in [0.1, 0.15) is 11.5 Å². The first kappa shape index (κ1) is 20.5. The van der Waals surface area contributed by atoms with E-state index >= 15 is 0 Å². The van der Waals surface area contributed by atoms with Crippen LogP contribution in [0.4, 0.5) is 5.00 Å². The van der Waals surface area contributed by atoms with Gasteiger partial charge in [-0.05, 0) is 41.5 Å². The zero-order valence-corrected chi connectivity index (χ0v) is 17.1. The number of para-hydroxylation sites is 1. The van der Waals surface area contributed by atoms with Gasteiger partial charge in [-0.15, -0.1) is 11.3 Å². The quantitative estimate of drug-likeness (QED) is 0.594. The fourth-order valence-corrected chi connectivity index (χ4v) is 3.62. The predicted octanol–water partition coefficient (Wildman–Crippen LogP) is 2.43. The van der Waals surface area contributed by atoms with Gasteiger partial charge in [0.15, 0.2) is 0 Å². The van der Waals surface area contributed by atoms with Crippen LogP contribution in [0.5, 0.6) is 0 Å². The van der Waals surface area contributed by atoms with Crippen LogP contribution in [0.2, 0.25) is 0 Å². The Balaban J connectivity index is 1.79. The number of tetrazole rings is 1. The lowest BCUT2D eigenvalue weighted by Gasteiger charge is -2.05. The number of hydrogen-bond donors (Lipinski definition) is 1. The van der Waals surface area contributed by atoms with Crippen molar-refractivity contribution < 1.29 is 14.3 Å². The zero-order chi connectivity index (χ0) is 21.0. The van der Waals surface area contributed by atoms with Gasteiger partial charge in [0, 0.05) is 4.88 Å². The molecule has 0 unspecified atom stereocenters. The molecule has 1 amide bonds. The number of anilines is 1. The highest BCUT2D eigenvalue weighted by Gasteiger charge is 2.21. The van der Waals surface area contributed by atoms with Crippen molar-refractivity contribution in [3.05, 3.63) is 57.3 Å². The van der Waals surface area contributed by atoms with Gasteiger partial charge in [0.05, 0.1) is 17.9 Å². The first-order chi connectivity index (χ1) is 13.9. The Morgan fingerprint density at radius 3 is 2.59 bits per heavy atom. The standard InChI is InChI=1S/C19H21N5O4S/c1-4-28-18(26)14-10-15(12(2)3)29-17(14)20-16(25)11-23-19(27)24(22-21-23)13-8-6-5-7-9-13/h5-10,12H,4,11H2,1-3H3,(H,20,25). The first-order valence-corrected chi connectivity index (χ1v) is 9.91. The van der Waals surface area contributed by atoms with Crippen LogP contribution in [0, 0.1) is 0 Å². The lowest BCUT2D eigenvalue weighted by Crippen LogP contribution is -2.29. The van der Waals surface area contributed by atoms with Gasteiger partial charge in [0.25, 0.3) is 0 Å². The number of nitrogens with zero attached hydrogens (tertiary/aromatic N) is 4. The van der Waals surface area contributed by atoms with Crippen molar-refractivity contribution in [2.45, 2.75) is 33.2 Å². The van der Waals surface area contributed by atoms with Crippen molar-refractivity contribution in [2.24, 2.45) is 0 Å². The molecule has 9 nitrogen and oxygen atoms in total. The number of aromatic nitrogens is 4. The van der Waals surface area contributed by atoms with E-state index in [1.54, 1.807) is 37.3 Å². The smallest absolute Gasteiger partial charge is 0.368 e. The third-order valence-corrected chi connectivity index (χ3v) is 5.35. The number of ether oxygens (including phenoxy) is 1. The van der Waals surface area contributed by atoms with E-state index in [4.69, 9.17) is 4.74 Å². The fraction of sp³-hybridized carbons (Fsp3) is 0.316. The second-order valence-electron chi connectivity index (χ2n) is 6.48. The molecule has 0 saturated carbocycles. The van der Waals surface area contributed by atoms with Crippen molar-refractivity contribution >= 4 is 28.2 Å². The molecule has 0 saturated heterocycles. The normalized spacial score (nSPS) is 10.9. The third kappa shape index (κ3) is 4.60. The molecule has 0 atom stereocenters. The monoisotopic (exact) mass is 415 g/mol. The van der Waals surface area contributed by atoms with Gasteiger partial charge in [0.2, 0.25) is 5.91 Å². The molecule has 2 heterocycles. The number of thiophene rings is 1. The summed E-state index contributed by atoms with van der Waals surface area (Å²) in [5.74, 6) is -0.805. The fourth-order valence-electron chi connectivity index (χ4n) is 2.55. The van der Waals surface area contributed by atoms with Crippen LogP contribution in [-0.4, -0.2) is 38.3 Å². The number of amides is 1. The minimum atomic E-state index is -0.536. The van der Waals surface area contributed by atoms with Gasteiger partial charge in [-0.1, -0.05) is 32.0 Å². The summed E-state index contributed by atoms with van der Waals surface area (Å²) >= 11 is 1.31. The highest BCUT2D eigenvalue weighted by Crippen LogP contribution is 2.33. The van der Waals surface area contributed by atoms with Gasteiger partial charge in [-0.2, -0.15) is 9.36 Å². The maximum atomic E-state index is 12.5. The van der Waals surface area contributed by atoms with E-state index in [9.17, 15) is 14.4 Å². The van der Waals surface area contributed by atoms with E-state index in [-0.39, 0.29) is 19.1 Å². The van der Waals surface area contributed by atoms with Crippen LogP contribution < -0.4 is 11.0 Å². The number of benzene rings is 1. The lowest BCUT2D eigenvalue weighted by atomic mass is 10.1. The molecule has 0 aliphatic heterocycles. The van der Waals surface area contributed by atoms with Crippen LogP contribution in [0.15, 0.2) is 41.2 Å². The molecule has 1 aromatic carbocycles. The van der Waals surface area contributed by atoms with E-state index in [2.05, 4.69) is 15.7 Å². The van der Waals surface area contributed by atoms with Crippen LogP contribution in [0.25, 0.3) is 5.69 Å². The molecule has 10 heteroatoms. The molecule has 29 heavy (non-hydrogen) atoms. The maximum absolute atomic E-state index is 12.5. The molecule has 0 aliphatic carbocycles. The van der Waals surface area contributed by atoms with E-state index in [0.29, 0.717) is 16.3 Å². The molecular formula is C19H21N5O4S. The SMILES string of the molecule is CCOC(=O)c1cc(C(C)C)sc1NC(=O)Cn1nnn(-c2ccccc2)c1=O. The average Bonchev–Trinajstić information content (AvgIpc) is 3.27. The molecule has 152 valence electrons. The van der Waals surface area contributed by atoms with Gasteiger partial charge >= 0.3 is 11.7 Å². The Morgan fingerprint density at radius 2 is 1.93 bits per heavy atom. The highest BCUT2D eigenvalue weighted by atomic mass is 32.1. The molecule has 0 bridgehead atoms. The van der Waals surface area contributed by atoms with E-state index in [1.807, 2.05) is 19.9 Å². The van der Waals surface area contributed by atoms with Crippen molar-refractivity contribution in [1.82, 2.24) is 19.8 Å². The van der Waals surface area contributed by atoms with Crippen LogP contribution >= 0.6 is 11.3 Å². The topological polar surface area (TPSA) is 108 Å². The van der Waals surface area contributed by atoms with Crippen LogP contribution in [-0.2, 0) is 16.1 Å². The molecule has 0 spiro atoms. The van der Waals surface area contributed by atoms with Crippen molar-refractivity contribution in [1.29, 1.82) is 0 Å². The number of carbonyl (C=O) groups excluding carboxylic acids is 2. The second-order valence-corrected chi connectivity index (χ2v) is 7.57. The van der Waals surface area contributed by atoms with Crippen molar-refractivity contribution in [3.8, 4) is 5.69 Å². The molecule has 0 fully saturated rings. The summed E-state index contributed by atoms with van der Waals surface area (Å²) in [6, 6.07) is 10.5. The van der Waals surface area contributed by atoms with Crippen molar-refractivity contribution in [3.63, 3.8) is 0 Å². The van der Waals surface area contributed by atoms with Gasteiger partial charge in [-0.25, -0.2) is 9.59 Å². The molecule has 1 N–H and O–H groups in total. The van der Waals surface area contributed by atoms with Crippen LogP contribution in [0.3, 0.4) is 0 Å². The predicted molar refractivity (Wildman–Crippen MR) is 109 cm³/mol. The minimum absolute atomic E-state index is 0.187. The lowest BCUT2D eigenvalue weighted by molar-refractivity contribution is -0.117. The minimum Gasteiger partial charge on any atom is -0.462 e. The molecule has 3 rings (SSSR count). The summed E-state index contributed by atoms with van der Waals surface area (Å²) in [5, 5.41) is 10.7. The number of carbonyl (C=O) groups is 2. The molecule has 3 aromatic rings. The largest absolute Gasteiger partial charge is 0.462 e. The molecule has 0 aliphatic rings. The van der Waals surface area contributed by atoms with Crippen molar-refractivity contribution in [2.75, 3.05) is 11.9 Å². The average molecular weight is 415 g/mol.